The number of hydrogen-bond donors (Lipinski definition) is 0. The average molecular weight is 306 g/mol. The van der Waals surface area contributed by atoms with Gasteiger partial charge in [0.25, 0.3) is 5.92 Å². The first kappa shape index (κ1) is 18.8. The highest BCUT2D eigenvalue weighted by Gasteiger charge is 2.28. The second kappa shape index (κ2) is 11.4. The molecule has 0 atom stereocenters. The van der Waals surface area contributed by atoms with Gasteiger partial charge in [0.05, 0.1) is 19.3 Å². The zero-order valence-corrected chi connectivity index (χ0v) is 13.5. The zero-order valence-electron chi connectivity index (χ0n) is 13.5. The van der Waals surface area contributed by atoms with Crippen LogP contribution in [-0.2, 0) is 9.47 Å². The summed E-state index contributed by atoms with van der Waals surface area (Å²) in [5, 5.41) is 0. The van der Waals surface area contributed by atoms with Crippen molar-refractivity contribution in [1.82, 2.24) is 0 Å². The van der Waals surface area contributed by atoms with Crippen LogP contribution >= 0.6 is 0 Å². The maximum absolute atomic E-state index is 13.5. The second-order valence-electron chi connectivity index (χ2n) is 6.25. The van der Waals surface area contributed by atoms with E-state index in [2.05, 4.69) is 0 Å². The lowest BCUT2D eigenvalue weighted by atomic mass is 10.1. The van der Waals surface area contributed by atoms with Crippen LogP contribution in [0.25, 0.3) is 0 Å². The molecule has 1 aliphatic rings. The van der Waals surface area contributed by atoms with Gasteiger partial charge < -0.3 is 9.47 Å². The predicted molar refractivity (Wildman–Crippen MR) is 82.0 cm³/mol. The van der Waals surface area contributed by atoms with Crippen molar-refractivity contribution in [2.75, 3.05) is 20.3 Å². The van der Waals surface area contributed by atoms with Crippen molar-refractivity contribution in [3.05, 3.63) is 0 Å². The molecule has 21 heavy (non-hydrogen) atoms. The molecule has 4 heteroatoms. The SMILES string of the molecule is COCCC(F)(F)CCOC1CCCCCCCCCC1. The van der Waals surface area contributed by atoms with Crippen molar-refractivity contribution in [3.63, 3.8) is 0 Å². The zero-order chi connectivity index (χ0) is 15.4. The van der Waals surface area contributed by atoms with Crippen molar-refractivity contribution < 1.29 is 18.3 Å². The first-order chi connectivity index (χ1) is 10.1. The number of rotatable bonds is 7. The van der Waals surface area contributed by atoms with Crippen LogP contribution < -0.4 is 0 Å². The summed E-state index contributed by atoms with van der Waals surface area (Å²) in [5.41, 5.74) is 0. The number of methoxy groups -OCH3 is 1. The van der Waals surface area contributed by atoms with E-state index in [1.54, 1.807) is 0 Å². The van der Waals surface area contributed by atoms with E-state index < -0.39 is 5.92 Å². The van der Waals surface area contributed by atoms with Gasteiger partial charge in [-0.1, -0.05) is 51.4 Å². The molecule has 1 fully saturated rings. The molecule has 1 saturated carbocycles. The molecular weight excluding hydrogens is 274 g/mol. The van der Waals surface area contributed by atoms with Gasteiger partial charge >= 0.3 is 0 Å². The molecule has 0 unspecified atom stereocenters. The van der Waals surface area contributed by atoms with Crippen LogP contribution in [-0.4, -0.2) is 32.4 Å². The van der Waals surface area contributed by atoms with Crippen molar-refractivity contribution in [2.24, 2.45) is 0 Å². The Hall–Kier alpha value is -0.220. The summed E-state index contributed by atoms with van der Waals surface area (Å²) in [6.07, 6.45) is 12.0. The fourth-order valence-corrected chi connectivity index (χ4v) is 2.87. The summed E-state index contributed by atoms with van der Waals surface area (Å²) >= 11 is 0. The predicted octanol–water partition coefficient (Wildman–Crippen LogP) is 5.35. The minimum Gasteiger partial charge on any atom is -0.384 e. The number of hydrogen-bond acceptors (Lipinski definition) is 2. The van der Waals surface area contributed by atoms with Crippen LogP contribution in [0.4, 0.5) is 8.78 Å². The Bertz CT molecular complexity index is 235. The molecule has 0 radical (unpaired) electrons. The quantitative estimate of drug-likeness (QED) is 0.631. The monoisotopic (exact) mass is 306 g/mol. The van der Waals surface area contributed by atoms with Crippen LogP contribution in [0.5, 0.6) is 0 Å². The van der Waals surface area contributed by atoms with Crippen molar-refractivity contribution >= 4 is 0 Å². The lowest BCUT2D eigenvalue weighted by Gasteiger charge is -2.20. The summed E-state index contributed by atoms with van der Waals surface area (Å²) in [5.74, 6) is -2.66. The smallest absolute Gasteiger partial charge is 0.252 e. The van der Waals surface area contributed by atoms with Crippen LogP contribution in [0.2, 0.25) is 0 Å². The van der Waals surface area contributed by atoms with Gasteiger partial charge in [0.1, 0.15) is 0 Å². The first-order valence-corrected chi connectivity index (χ1v) is 8.62. The largest absolute Gasteiger partial charge is 0.384 e. The summed E-state index contributed by atoms with van der Waals surface area (Å²) < 4.78 is 37.5. The molecular formula is C17H32F2O2. The van der Waals surface area contributed by atoms with E-state index in [0.717, 1.165) is 12.8 Å². The highest BCUT2D eigenvalue weighted by atomic mass is 19.3. The lowest BCUT2D eigenvalue weighted by Crippen LogP contribution is -2.23. The summed E-state index contributed by atoms with van der Waals surface area (Å²) in [7, 11) is 1.45. The van der Waals surface area contributed by atoms with Gasteiger partial charge in [-0.15, -0.1) is 0 Å². The van der Waals surface area contributed by atoms with Crippen molar-refractivity contribution in [1.29, 1.82) is 0 Å². The average Bonchev–Trinajstić information content (AvgIpc) is 2.51. The van der Waals surface area contributed by atoms with E-state index in [4.69, 9.17) is 9.47 Å². The highest BCUT2D eigenvalue weighted by Crippen LogP contribution is 2.24. The molecule has 0 N–H and O–H groups in total. The molecule has 1 aliphatic carbocycles. The fourth-order valence-electron chi connectivity index (χ4n) is 2.87. The third-order valence-corrected chi connectivity index (χ3v) is 4.30. The molecule has 0 saturated heterocycles. The molecule has 126 valence electrons. The van der Waals surface area contributed by atoms with Gasteiger partial charge in [-0.3, -0.25) is 0 Å². The fraction of sp³-hybridized carbons (Fsp3) is 1.00. The maximum atomic E-state index is 13.5. The molecule has 0 amide bonds. The molecule has 0 bridgehead atoms. The topological polar surface area (TPSA) is 18.5 Å². The van der Waals surface area contributed by atoms with Crippen LogP contribution in [0.1, 0.15) is 77.0 Å². The molecule has 1 rings (SSSR count). The molecule has 0 aromatic heterocycles. The first-order valence-electron chi connectivity index (χ1n) is 8.62. The van der Waals surface area contributed by atoms with E-state index in [0.29, 0.717) is 0 Å². The lowest BCUT2D eigenvalue weighted by molar-refractivity contribution is -0.0658. The highest BCUT2D eigenvalue weighted by molar-refractivity contribution is 4.67. The van der Waals surface area contributed by atoms with Gasteiger partial charge in [0, 0.05) is 20.0 Å². The van der Waals surface area contributed by atoms with Gasteiger partial charge in [-0.25, -0.2) is 8.78 Å². The van der Waals surface area contributed by atoms with Gasteiger partial charge in [-0.2, -0.15) is 0 Å². The Labute approximate surface area is 128 Å². The minimum absolute atomic E-state index is 0.108. The van der Waals surface area contributed by atoms with Crippen LogP contribution in [0, 0.1) is 0 Å². The molecule has 0 aromatic carbocycles. The van der Waals surface area contributed by atoms with E-state index in [1.165, 1.54) is 58.5 Å². The normalized spacial score (nSPS) is 20.1. The Morgan fingerprint density at radius 1 is 0.810 bits per heavy atom. The number of alkyl halides is 2. The molecule has 2 nitrogen and oxygen atoms in total. The molecule has 0 heterocycles. The van der Waals surface area contributed by atoms with Gasteiger partial charge in [0.15, 0.2) is 0 Å². The standard InChI is InChI=1S/C17H32F2O2/c1-20-14-12-17(18,19)13-15-21-16-10-8-6-4-2-3-5-7-9-11-16/h16H,2-15H2,1H3. The molecule has 0 spiro atoms. The summed E-state index contributed by atoms with van der Waals surface area (Å²) in [4.78, 5) is 0. The van der Waals surface area contributed by atoms with Gasteiger partial charge in [-0.05, 0) is 12.8 Å². The third kappa shape index (κ3) is 10.2. The molecule has 0 aromatic rings. The maximum Gasteiger partial charge on any atom is 0.252 e. The van der Waals surface area contributed by atoms with Crippen LogP contribution in [0.15, 0.2) is 0 Å². The van der Waals surface area contributed by atoms with Gasteiger partial charge in [0.2, 0.25) is 0 Å². The second-order valence-corrected chi connectivity index (χ2v) is 6.25. The van der Waals surface area contributed by atoms with E-state index in [1.807, 2.05) is 0 Å². The number of halogens is 2. The summed E-state index contributed by atoms with van der Waals surface area (Å²) in [6.45, 7) is 0.276. The van der Waals surface area contributed by atoms with Crippen LogP contribution in [0.3, 0.4) is 0 Å². The van der Waals surface area contributed by atoms with Crippen molar-refractivity contribution in [2.45, 2.75) is 89.1 Å². The van der Waals surface area contributed by atoms with E-state index in [9.17, 15) is 8.78 Å². The van der Waals surface area contributed by atoms with E-state index >= 15 is 0 Å². The Kier molecular flexibility index (Phi) is 10.2. The minimum atomic E-state index is -2.66. The Morgan fingerprint density at radius 3 is 1.81 bits per heavy atom. The Morgan fingerprint density at radius 2 is 1.29 bits per heavy atom. The summed E-state index contributed by atoms with van der Waals surface area (Å²) in [6, 6.07) is 0. The number of ether oxygens (including phenoxy) is 2. The molecule has 0 aliphatic heterocycles. The Balaban J connectivity index is 2.22. The van der Waals surface area contributed by atoms with E-state index in [-0.39, 0.29) is 32.2 Å². The third-order valence-electron chi connectivity index (χ3n) is 4.30. The van der Waals surface area contributed by atoms with Crippen molar-refractivity contribution in [3.8, 4) is 0 Å².